The van der Waals surface area contributed by atoms with Crippen LogP contribution in [-0.4, -0.2) is 28.3 Å². The molecule has 0 spiro atoms. The van der Waals surface area contributed by atoms with E-state index in [2.05, 4.69) is 237 Å². The van der Waals surface area contributed by atoms with Crippen molar-refractivity contribution in [2.75, 3.05) is 13.3 Å². The molecule has 2 saturated carbocycles. The summed E-state index contributed by atoms with van der Waals surface area (Å²) in [7, 11) is -2.38. The van der Waals surface area contributed by atoms with Crippen LogP contribution >= 0.6 is 7.14 Å². The van der Waals surface area contributed by atoms with Crippen LogP contribution in [0.5, 0.6) is 0 Å². The predicted octanol–water partition coefficient (Wildman–Crippen LogP) is 18.9. The van der Waals surface area contributed by atoms with Gasteiger partial charge in [0.1, 0.15) is 7.14 Å². The van der Waals surface area contributed by atoms with E-state index in [-0.39, 0.29) is 5.41 Å². The molecule has 1 aromatic heterocycles. The standard InChI is InChI=1S/C74H58N3OP/c1-79(2,78)64-45-38-57(39-46-64)70-67-19-11-9-17-65(67)69(66-18-10-12-20-68(66)70)56-34-41-61(42-35-56)74(48-49-21-40-63(74)47-49)62-43-36-60(37-44-62)73-76-71(58-30-26-53(27-31-58)51-15-7-4-8-16-51)75-72(77-73)59-32-28-55(29-33-59)54-24-22-52(23-25-54)50-13-5-3-6-14-50/h3-20,22-39,41-46,49,63H,21,40,47-48H2,1-2H3. The van der Waals surface area contributed by atoms with Gasteiger partial charge in [-0.15, -0.1) is 0 Å². The molecule has 380 valence electrons. The highest BCUT2D eigenvalue weighted by Crippen LogP contribution is 2.60. The minimum Gasteiger partial charge on any atom is -0.319 e. The largest absolute Gasteiger partial charge is 0.319 e. The van der Waals surface area contributed by atoms with Gasteiger partial charge in [0, 0.05) is 27.4 Å². The molecular weight excluding hydrogens is 978 g/mol. The Morgan fingerprint density at radius 3 is 0.975 bits per heavy atom. The number of hydrogen-bond acceptors (Lipinski definition) is 4. The fourth-order valence-electron chi connectivity index (χ4n) is 13.3. The van der Waals surface area contributed by atoms with E-state index >= 15 is 0 Å². The first-order valence-electron chi connectivity index (χ1n) is 27.7. The van der Waals surface area contributed by atoms with Crippen LogP contribution in [0.25, 0.3) is 111 Å². The van der Waals surface area contributed by atoms with Crippen LogP contribution in [0, 0.1) is 11.8 Å². The van der Waals surface area contributed by atoms with Gasteiger partial charge in [0.15, 0.2) is 17.5 Å². The quantitative estimate of drug-likeness (QED) is 0.0957. The van der Waals surface area contributed by atoms with Gasteiger partial charge in [-0.25, -0.2) is 15.0 Å². The van der Waals surface area contributed by atoms with Crippen LogP contribution in [0.15, 0.2) is 255 Å². The molecule has 3 atom stereocenters. The Balaban J connectivity index is 0.816. The Hall–Kier alpha value is -8.82. The Morgan fingerprint density at radius 1 is 0.342 bits per heavy atom. The zero-order valence-electron chi connectivity index (χ0n) is 44.4. The Bertz CT molecular complexity index is 4190. The van der Waals surface area contributed by atoms with Crippen LogP contribution in [0.4, 0.5) is 0 Å². The first-order chi connectivity index (χ1) is 38.7. The van der Waals surface area contributed by atoms with E-state index in [4.69, 9.17) is 15.0 Å². The topological polar surface area (TPSA) is 55.7 Å². The second-order valence-electron chi connectivity index (χ2n) is 22.2. The van der Waals surface area contributed by atoms with Crippen LogP contribution < -0.4 is 5.30 Å². The molecule has 79 heavy (non-hydrogen) atoms. The number of nitrogens with zero attached hydrogens (tertiary/aromatic N) is 3. The number of fused-ring (bicyclic) bond motifs is 4. The van der Waals surface area contributed by atoms with Gasteiger partial charge in [-0.3, -0.25) is 0 Å². The summed E-state index contributed by atoms with van der Waals surface area (Å²) in [5, 5.41) is 5.78. The Kier molecular flexibility index (Phi) is 12.2. The van der Waals surface area contributed by atoms with E-state index in [0.29, 0.717) is 29.3 Å². The maximum atomic E-state index is 13.0. The van der Waals surface area contributed by atoms with Gasteiger partial charge in [0.2, 0.25) is 0 Å². The molecule has 5 heteroatoms. The lowest BCUT2D eigenvalue weighted by Gasteiger charge is -2.39. The second-order valence-corrected chi connectivity index (χ2v) is 25.4. The lowest BCUT2D eigenvalue weighted by Crippen LogP contribution is -2.34. The molecule has 2 aliphatic carbocycles. The summed E-state index contributed by atoms with van der Waals surface area (Å²) in [6.07, 6.45) is 4.95. The summed E-state index contributed by atoms with van der Waals surface area (Å²) in [5.74, 6) is 3.21. The smallest absolute Gasteiger partial charge is 0.164 e. The highest BCUT2D eigenvalue weighted by molar-refractivity contribution is 7.70. The van der Waals surface area contributed by atoms with Gasteiger partial charge in [-0.2, -0.15) is 0 Å². The molecule has 1 heterocycles. The van der Waals surface area contributed by atoms with Crippen molar-refractivity contribution < 1.29 is 4.57 Å². The summed E-state index contributed by atoms with van der Waals surface area (Å²) in [6, 6.07) is 91.9. The van der Waals surface area contributed by atoms with Gasteiger partial charge < -0.3 is 4.57 Å². The van der Waals surface area contributed by atoms with Crippen molar-refractivity contribution in [1.29, 1.82) is 0 Å². The SMILES string of the molecule is CP(C)(=O)c1ccc(-c2c3ccccc3c(-c3ccc(C4(c5ccc(-c6nc(-c7ccc(-c8ccccc8)cc7)nc(-c7ccc(-c8ccc(-c9ccccc9)cc8)cc7)n6)cc5)CC5CCC4C5)cc3)c3ccccc23)cc1. The van der Waals surface area contributed by atoms with Gasteiger partial charge in [-0.1, -0.05) is 261 Å². The van der Waals surface area contributed by atoms with E-state index in [1.165, 1.54) is 85.3 Å². The average molecular weight is 1040 g/mol. The van der Waals surface area contributed by atoms with E-state index in [1.807, 2.05) is 31.5 Å². The predicted molar refractivity (Wildman–Crippen MR) is 330 cm³/mol. The lowest BCUT2D eigenvalue weighted by molar-refractivity contribution is 0.320. The van der Waals surface area contributed by atoms with Crippen LogP contribution in [0.1, 0.15) is 36.8 Å². The van der Waals surface area contributed by atoms with Crippen molar-refractivity contribution in [2.24, 2.45) is 11.8 Å². The molecule has 2 bridgehead atoms. The fourth-order valence-corrected chi connectivity index (χ4v) is 14.2. The molecule has 0 saturated heterocycles. The molecule has 0 aliphatic heterocycles. The van der Waals surface area contributed by atoms with E-state index in [1.54, 1.807) is 0 Å². The van der Waals surface area contributed by atoms with Gasteiger partial charge in [-0.05, 0) is 133 Å². The van der Waals surface area contributed by atoms with E-state index < -0.39 is 7.14 Å². The third-order valence-electron chi connectivity index (χ3n) is 17.3. The molecule has 11 aromatic carbocycles. The highest BCUT2D eigenvalue weighted by atomic mass is 31.2. The van der Waals surface area contributed by atoms with Gasteiger partial charge in [0.05, 0.1) is 0 Å². The monoisotopic (exact) mass is 1040 g/mol. The minimum atomic E-state index is -2.38. The van der Waals surface area contributed by atoms with Gasteiger partial charge >= 0.3 is 0 Å². The molecule has 3 unspecified atom stereocenters. The summed E-state index contributed by atoms with van der Waals surface area (Å²) in [4.78, 5) is 15.6. The summed E-state index contributed by atoms with van der Waals surface area (Å²) >= 11 is 0. The molecule has 0 amide bonds. The lowest BCUT2D eigenvalue weighted by atomic mass is 9.64. The zero-order chi connectivity index (χ0) is 53.1. The molecule has 2 aliphatic rings. The molecule has 0 radical (unpaired) electrons. The zero-order valence-corrected chi connectivity index (χ0v) is 45.3. The molecule has 2 fully saturated rings. The Labute approximate surface area is 463 Å². The van der Waals surface area contributed by atoms with Crippen molar-refractivity contribution in [2.45, 2.75) is 31.1 Å². The molecular formula is C74H58N3OP. The third kappa shape index (κ3) is 8.91. The first kappa shape index (κ1) is 48.5. The molecule has 0 N–H and O–H groups in total. The van der Waals surface area contributed by atoms with E-state index in [0.717, 1.165) is 50.7 Å². The minimum absolute atomic E-state index is 0.0966. The maximum absolute atomic E-state index is 13.0. The summed E-state index contributed by atoms with van der Waals surface area (Å²) in [6.45, 7) is 3.68. The highest BCUT2D eigenvalue weighted by Gasteiger charge is 2.52. The Morgan fingerprint density at radius 2 is 0.646 bits per heavy atom. The molecule has 14 rings (SSSR count). The van der Waals surface area contributed by atoms with Gasteiger partial charge in [0.25, 0.3) is 0 Å². The van der Waals surface area contributed by atoms with Crippen molar-refractivity contribution in [3.63, 3.8) is 0 Å². The van der Waals surface area contributed by atoms with E-state index in [9.17, 15) is 4.57 Å². The number of benzene rings is 11. The first-order valence-corrected chi connectivity index (χ1v) is 30.3. The number of hydrogen-bond donors (Lipinski definition) is 0. The average Bonchev–Trinajstić information content (AvgIpc) is 4.39. The van der Waals surface area contributed by atoms with Crippen molar-refractivity contribution in [3.8, 4) is 89.8 Å². The third-order valence-corrected chi connectivity index (χ3v) is 18.8. The second kappa shape index (κ2) is 19.9. The van der Waals surface area contributed by atoms with Crippen molar-refractivity contribution in [3.05, 3.63) is 266 Å². The fraction of sp³-hybridized carbons (Fsp3) is 0.122. The van der Waals surface area contributed by atoms with Crippen LogP contribution in [0.2, 0.25) is 0 Å². The number of aromatic nitrogens is 3. The maximum Gasteiger partial charge on any atom is 0.164 e. The summed E-state index contributed by atoms with van der Waals surface area (Å²) < 4.78 is 13.0. The van der Waals surface area contributed by atoms with Crippen molar-refractivity contribution >= 4 is 34.0 Å². The molecule has 4 nitrogen and oxygen atoms in total. The van der Waals surface area contributed by atoms with Crippen molar-refractivity contribution in [1.82, 2.24) is 15.0 Å². The molecule has 12 aromatic rings. The number of rotatable bonds is 11. The summed E-state index contributed by atoms with van der Waals surface area (Å²) in [5.41, 5.74) is 17.3. The van der Waals surface area contributed by atoms with Crippen LogP contribution in [0.3, 0.4) is 0 Å². The van der Waals surface area contributed by atoms with Crippen LogP contribution in [-0.2, 0) is 9.98 Å². The normalized spacial score (nSPS) is 16.9.